The molecule has 0 saturated carbocycles. The van der Waals surface area contributed by atoms with E-state index in [9.17, 15) is 9.18 Å². The van der Waals surface area contributed by atoms with Crippen LogP contribution in [0.1, 0.15) is 84.1 Å². The van der Waals surface area contributed by atoms with E-state index in [0.29, 0.717) is 18.7 Å². The molecule has 0 amide bonds. The Hall–Kier alpha value is -1.58. The highest BCUT2D eigenvalue weighted by atomic mass is 19.1. The normalized spacial score (nSPS) is 11.1. The number of nitrogens with zero attached hydrogens (tertiary/aromatic N) is 1. The Kier molecular flexibility index (Phi) is 12.6. The molecule has 1 aromatic carbocycles. The minimum atomic E-state index is -0.104. The molecule has 0 atom stereocenters. The third kappa shape index (κ3) is 8.62. The van der Waals surface area contributed by atoms with E-state index >= 15 is 0 Å². The van der Waals surface area contributed by atoms with E-state index in [1.165, 1.54) is 25.7 Å². The van der Waals surface area contributed by atoms with Crippen molar-refractivity contribution in [3.8, 4) is 0 Å². The number of esters is 1. The molecule has 0 saturated heterocycles. The average molecular weight is 394 g/mol. The van der Waals surface area contributed by atoms with Crippen molar-refractivity contribution in [2.75, 3.05) is 25.1 Å². The summed E-state index contributed by atoms with van der Waals surface area (Å²) in [5.41, 5.74) is 1.44. The summed E-state index contributed by atoms with van der Waals surface area (Å²) < 4.78 is 20.2. The number of unbranched alkanes of at least 4 members (excludes halogenated alkanes) is 5. The maximum Gasteiger partial charge on any atom is 0.308 e. The van der Waals surface area contributed by atoms with E-state index in [1.807, 2.05) is 44.0 Å². The molecule has 0 unspecified atom stereocenters. The Morgan fingerprint density at radius 1 is 1.04 bits per heavy atom. The van der Waals surface area contributed by atoms with Gasteiger partial charge in [-0.25, -0.2) is 4.39 Å². The topological polar surface area (TPSA) is 29.5 Å². The van der Waals surface area contributed by atoms with Gasteiger partial charge in [0.2, 0.25) is 0 Å². The summed E-state index contributed by atoms with van der Waals surface area (Å²) in [5, 5.41) is 0. The number of hydrogen-bond acceptors (Lipinski definition) is 3. The van der Waals surface area contributed by atoms with Crippen molar-refractivity contribution in [2.24, 2.45) is 5.92 Å². The highest BCUT2D eigenvalue weighted by molar-refractivity contribution is 5.72. The molecule has 1 aromatic rings. The molecule has 0 aromatic heterocycles. The molecule has 0 heterocycles. The molecule has 3 nitrogen and oxygen atoms in total. The van der Waals surface area contributed by atoms with Gasteiger partial charge in [-0.15, -0.1) is 0 Å². The Morgan fingerprint density at radius 2 is 1.75 bits per heavy atom. The number of hydrogen-bond donors (Lipinski definition) is 0. The fourth-order valence-electron chi connectivity index (χ4n) is 3.46. The summed E-state index contributed by atoms with van der Waals surface area (Å²) in [6, 6.07) is 5.67. The van der Waals surface area contributed by atoms with Gasteiger partial charge in [-0.2, -0.15) is 0 Å². The minimum absolute atomic E-state index is 0.00614. The molecule has 1 rings (SSSR count). The second-order valence-electron chi connectivity index (χ2n) is 7.72. The van der Waals surface area contributed by atoms with Crippen molar-refractivity contribution < 1.29 is 13.9 Å². The maximum absolute atomic E-state index is 14.9. The fraction of sp³-hybridized carbons (Fsp3) is 0.708. The van der Waals surface area contributed by atoms with Crippen LogP contribution in [-0.4, -0.2) is 26.2 Å². The van der Waals surface area contributed by atoms with Crippen molar-refractivity contribution in [1.29, 1.82) is 0 Å². The van der Waals surface area contributed by atoms with Crippen LogP contribution in [0.5, 0.6) is 0 Å². The second kappa shape index (κ2) is 14.4. The third-order valence-electron chi connectivity index (χ3n) is 5.47. The van der Waals surface area contributed by atoms with Crippen LogP contribution in [0.15, 0.2) is 18.2 Å². The van der Waals surface area contributed by atoms with Crippen LogP contribution >= 0.6 is 0 Å². The van der Waals surface area contributed by atoms with Crippen LogP contribution < -0.4 is 4.90 Å². The van der Waals surface area contributed by atoms with Crippen LogP contribution in [0.25, 0.3) is 0 Å². The first kappa shape index (κ1) is 24.5. The van der Waals surface area contributed by atoms with Crippen molar-refractivity contribution in [3.63, 3.8) is 0 Å². The smallest absolute Gasteiger partial charge is 0.308 e. The zero-order chi connectivity index (χ0) is 20.8. The fourth-order valence-corrected chi connectivity index (χ4v) is 3.46. The lowest BCUT2D eigenvalue weighted by atomic mass is 10.0. The van der Waals surface area contributed by atoms with E-state index in [2.05, 4.69) is 6.92 Å². The van der Waals surface area contributed by atoms with Gasteiger partial charge in [0.1, 0.15) is 5.82 Å². The standard InChI is InChI=1S/C24H40FNO2/c1-5-8-9-10-12-18-26(4)22-17-14-16-21(23(22)25)15-11-13-19-28-24(27)20(6-2)7-3/h14,16-17,20H,5-13,15,18-19H2,1-4H3. The molecule has 0 spiro atoms. The van der Waals surface area contributed by atoms with Crippen LogP contribution in [0.3, 0.4) is 0 Å². The maximum atomic E-state index is 14.9. The van der Waals surface area contributed by atoms with Crippen molar-refractivity contribution in [1.82, 2.24) is 0 Å². The highest BCUT2D eigenvalue weighted by Gasteiger charge is 2.15. The molecule has 160 valence electrons. The summed E-state index contributed by atoms with van der Waals surface area (Å²) in [6.45, 7) is 7.54. The molecule has 0 radical (unpaired) electrons. The number of ether oxygens (including phenoxy) is 1. The van der Waals surface area contributed by atoms with Crippen LogP contribution in [0, 0.1) is 11.7 Å². The first-order valence-corrected chi connectivity index (χ1v) is 11.2. The molecule has 0 N–H and O–H groups in total. The Balaban J connectivity index is 2.40. The quantitative estimate of drug-likeness (QED) is 0.250. The molecular weight excluding hydrogens is 353 g/mol. The van der Waals surface area contributed by atoms with Gasteiger partial charge in [0.15, 0.2) is 0 Å². The predicted octanol–water partition coefficient (Wildman–Crippen LogP) is 6.53. The lowest BCUT2D eigenvalue weighted by Crippen LogP contribution is -2.20. The Bertz CT molecular complexity index is 558. The van der Waals surface area contributed by atoms with Crippen molar-refractivity contribution >= 4 is 11.7 Å². The van der Waals surface area contributed by atoms with Gasteiger partial charge in [0.05, 0.1) is 18.2 Å². The average Bonchev–Trinajstić information content (AvgIpc) is 2.69. The minimum Gasteiger partial charge on any atom is -0.465 e. The van der Waals surface area contributed by atoms with Gasteiger partial charge in [0, 0.05) is 13.6 Å². The van der Waals surface area contributed by atoms with Gasteiger partial charge in [-0.1, -0.05) is 58.6 Å². The molecule has 4 heteroatoms. The lowest BCUT2D eigenvalue weighted by molar-refractivity contribution is -0.148. The van der Waals surface area contributed by atoms with Crippen LogP contribution in [0.2, 0.25) is 0 Å². The van der Waals surface area contributed by atoms with Gasteiger partial charge in [-0.3, -0.25) is 4.79 Å². The van der Waals surface area contributed by atoms with Gasteiger partial charge in [0.25, 0.3) is 0 Å². The summed E-state index contributed by atoms with van der Waals surface area (Å²) in [5.74, 6) is -0.196. The molecule has 0 bridgehead atoms. The van der Waals surface area contributed by atoms with E-state index in [-0.39, 0.29) is 17.7 Å². The number of rotatable bonds is 15. The summed E-state index contributed by atoms with van der Waals surface area (Å²) in [6.07, 6.45) is 9.97. The van der Waals surface area contributed by atoms with E-state index in [0.717, 1.165) is 44.2 Å². The highest BCUT2D eigenvalue weighted by Crippen LogP contribution is 2.23. The lowest BCUT2D eigenvalue weighted by Gasteiger charge is -2.21. The van der Waals surface area contributed by atoms with Gasteiger partial charge >= 0.3 is 5.97 Å². The van der Waals surface area contributed by atoms with Crippen LogP contribution in [-0.2, 0) is 16.0 Å². The number of anilines is 1. The zero-order valence-corrected chi connectivity index (χ0v) is 18.4. The van der Waals surface area contributed by atoms with Crippen molar-refractivity contribution in [3.05, 3.63) is 29.6 Å². The third-order valence-corrected chi connectivity index (χ3v) is 5.47. The predicted molar refractivity (Wildman–Crippen MR) is 116 cm³/mol. The van der Waals surface area contributed by atoms with Crippen LogP contribution in [0.4, 0.5) is 10.1 Å². The van der Waals surface area contributed by atoms with E-state index in [1.54, 1.807) is 0 Å². The summed E-state index contributed by atoms with van der Waals surface area (Å²) in [7, 11) is 1.97. The first-order valence-electron chi connectivity index (χ1n) is 11.2. The largest absolute Gasteiger partial charge is 0.465 e. The summed E-state index contributed by atoms with van der Waals surface area (Å²) >= 11 is 0. The number of carbonyl (C=O) groups is 1. The molecule has 28 heavy (non-hydrogen) atoms. The number of aryl methyl sites for hydroxylation is 1. The molecule has 0 fully saturated rings. The first-order chi connectivity index (χ1) is 13.5. The number of carbonyl (C=O) groups excluding carboxylic acids is 1. The monoisotopic (exact) mass is 393 g/mol. The molecule has 0 aliphatic heterocycles. The molecular formula is C24H40FNO2. The second-order valence-corrected chi connectivity index (χ2v) is 7.72. The number of halogens is 1. The SMILES string of the molecule is CCCCCCCN(C)c1cccc(CCCCOC(=O)C(CC)CC)c1F. The molecule has 0 aliphatic rings. The molecule has 0 aliphatic carbocycles. The Labute approximate surface area is 171 Å². The van der Waals surface area contributed by atoms with E-state index < -0.39 is 0 Å². The Morgan fingerprint density at radius 3 is 2.43 bits per heavy atom. The van der Waals surface area contributed by atoms with Crippen molar-refractivity contribution in [2.45, 2.75) is 85.0 Å². The summed E-state index contributed by atoms with van der Waals surface area (Å²) in [4.78, 5) is 13.9. The van der Waals surface area contributed by atoms with Gasteiger partial charge in [-0.05, 0) is 50.2 Å². The van der Waals surface area contributed by atoms with Gasteiger partial charge < -0.3 is 9.64 Å². The number of benzene rings is 1. The van der Waals surface area contributed by atoms with E-state index in [4.69, 9.17) is 4.74 Å². The zero-order valence-electron chi connectivity index (χ0n) is 18.4.